The van der Waals surface area contributed by atoms with E-state index in [2.05, 4.69) is 30.6 Å². The molecule has 2 amide bonds. The van der Waals surface area contributed by atoms with Crippen molar-refractivity contribution in [3.8, 4) is 0 Å². The number of carbonyl (C=O) groups is 4. The van der Waals surface area contributed by atoms with Gasteiger partial charge in [0.1, 0.15) is 11.8 Å². The number of rotatable bonds is 12. The monoisotopic (exact) mass is 481 g/mol. The van der Waals surface area contributed by atoms with Crippen molar-refractivity contribution < 1.29 is 24.3 Å². The van der Waals surface area contributed by atoms with Crippen molar-refractivity contribution in [3.63, 3.8) is 0 Å². The summed E-state index contributed by atoms with van der Waals surface area (Å²) in [6, 6.07) is 4.36. The summed E-state index contributed by atoms with van der Waals surface area (Å²) >= 11 is 0. The molecule has 2 unspecified atom stereocenters. The zero-order valence-corrected chi connectivity index (χ0v) is 19.2. The Morgan fingerprint density at radius 1 is 1.14 bits per heavy atom. The predicted molar refractivity (Wildman–Crippen MR) is 131 cm³/mol. The molecule has 0 bridgehead atoms. The van der Waals surface area contributed by atoms with E-state index in [4.69, 9.17) is 5.73 Å². The number of ketones is 1. The third kappa shape index (κ3) is 7.13. The number of unbranched alkanes of at least 4 members (excludes halogenated alkanes) is 1. The Balaban J connectivity index is 1.52. The molecule has 0 spiro atoms. The number of guanidine groups is 1. The van der Waals surface area contributed by atoms with E-state index in [1.165, 1.54) is 6.21 Å². The van der Waals surface area contributed by atoms with Crippen molar-refractivity contribution in [1.82, 2.24) is 5.32 Å². The summed E-state index contributed by atoms with van der Waals surface area (Å²) in [6.07, 6.45) is 3.69. The third-order valence-electron chi connectivity index (χ3n) is 5.32. The number of carboxylic acids is 1. The molecule has 0 saturated heterocycles. The second-order valence-electron chi connectivity index (χ2n) is 8.04. The molecule has 2 aliphatic rings. The fourth-order valence-corrected chi connectivity index (χ4v) is 3.37. The molecule has 2 heterocycles. The number of carbonyl (C=O) groups excluding carboxylic acids is 3. The molecule has 12 heteroatoms. The van der Waals surface area contributed by atoms with Gasteiger partial charge in [0, 0.05) is 24.1 Å². The summed E-state index contributed by atoms with van der Waals surface area (Å²) in [5.74, 6) is -2.21. The van der Waals surface area contributed by atoms with Crippen LogP contribution in [-0.2, 0) is 14.4 Å². The van der Waals surface area contributed by atoms with Crippen molar-refractivity contribution in [3.05, 3.63) is 29.8 Å². The number of carboxylic acid groups (broad SMARTS) is 1. The number of nitrogens with two attached hydrogens (primary N) is 1. The number of fused-ring (bicyclic) bond motifs is 1. The molecular weight excluding hydrogens is 454 g/mol. The molecular formula is C23H27N7O5. The van der Waals surface area contributed by atoms with Crippen molar-refractivity contribution >= 4 is 53.0 Å². The minimum absolute atomic E-state index is 0.0105. The fourth-order valence-electron chi connectivity index (χ4n) is 3.37. The number of hydrogen-bond acceptors (Lipinski definition) is 9. The van der Waals surface area contributed by atoms with Crippen molar-refractivity contribution in [2.75, 3.05) is 11.9 Å². The third-order valence-corrected chi connectivity index (χ3v) is 5.32. The standard InChI is InChI=1S/C23H27N7O5/c1-2-3-4-16(31)9-10-17(22(34)35)28-20(32)13-5-7-14(8-6-13)25-11-15-12-26-19-18(27-15)21(33)30-23(24)29-19/h5-8,12,17-18,25H,2-4,9-11H2,1H3,(H,28,32)(H,34,35)(H2,24,30,33). The average molecular weight is 482 g/mol. The molecule has 2 aliphatic heterocycles. The van der Waals surface area contributed by atoms with E-state index >= 15 is 0 Å². The molecule has 0 fully saturated rings. The molecule has 184 valence electrons. The van der Waals surface area contributed by atoms with E-state index in [-0.39, 0.29) is 42.5 Å². The molecule has 2 atom stereocenters. The summed E-state index contributed by atoms with van der Waals surface area (Å²) in [7, 11) is 0. The smallest absolute Gasteiger partial charge is 0.326 e. The van der Waals surface area contributed by atoms with Crippen LogP contribution >= 0.6 is 0 Å². The SMILES string of the molecule is CCCCC(=O)CCC(NC(=O)c1ccc(NCC2=NC3C(=O)N=C(N)N=C3N=C2)cc1)C(=O)O. The zero-order chi connectivity index (χ0) is 25.4. The minimum atomic E-state index is -1.19. The Morgan fingerprint density at radius 3 is 2.57 bits per heavy atom. The number of aliphatic carboxylic acids is 1. The minimum Gasteiger partial charge on any atom is -0.480 e. The van der Waals surface area contributed by atoms with E-state index in [0.29, 0.717) is 17.8 Å². The summed E-state index contributed by atoms with van der Waals surface area (Å²) < 4.78 is 0. The summed E-state index contributed by atoms with van der Waals surface area (Å²) in [4.78, 5) is 63.7. The second kappa shape index (κ2) is 11.8. The second-order valence-corrected chi connectivity index (χ2v) is 8.04. The van der Waals surface area contributed by atoms with Crippen LogP contribution in [0.25, 0.3) is 0 Å². The zero-order valence-electron chi connectivity index (χ0n) is 19.2. The normalized spacial score (nSPS) is 17.5. The summed E-state index contributed by atoms with van der Waals surface area (Å²) in [6.45, 7) is 2.24. The van der Waals surface area contributed by atoms with Gasteiger partial charge in [-0.05, 0) is 37.1 Å². The van der Waals surface area contributed by atoms with E-state index in [1.54, 1.807) is 24.3 Å². The van der Waals surface area contributed by atoms with Gasteiger partial charge in [0.2, 0.25) is 5.96 Å². The number of aliphatic imine (C=N–C) groups is 4. The van der Waals surface area contributed by atoms with Crippen LogP contribution in [0.1, 0.15) is 49.4 Å². The van der Waals surface area contributed by atoms with Gasteiger partial charge in [-0.1, -0.05) is 13.3 Å². The molecule has 3 rings (SSSR count). The van der Waals surface area contributed by atoms with Crippen molar-refractivity contribution in [2.45, 2.75) is 51.1 Å². The van der Waals surface area contributed by atoms with Gasteiger partial charge in [-0.3, -0.25) is 19.4 Å². The number of amidine groups is 1. The van der Waals surface area contributed by atoms with Crippen molar-refractivity contribution in [1.29, 1.82) is 0 Å². The first-order valence-corrected chi connectivity index (χ1v) is 11.2. The van der Waals surface area contributed by atoms with Crippen LogP contribution < -0.4 is 16.4 Å². The van der Waals surface area contributed by atoms with E-state index in [0.717, 1.165) is 12.8 Å². The number of amides is 2. The highest BCUT2D eigenvalue weighted by Gasteiger charge is 2.30. The Labute approximate surface area is 201 Å². The van der Waals surface area contributed by atoms with E-state index in [1.807, 2.05) is 6.92 Å². The molecule has 1 aromatic rings. The van der Waals surface area contributed by atoms with Gasteiger partial charge in [0.15, 0.2) is 11.9 Å². The van der Waals surface area contributed by atoms with Gasteiger partial charge in [0.05, 0.1) is 18.5 Å². The van der Waals surface area contributed by atoms with Crippen LogP contribution in [0.15, 0.2) is 44.2 Å². The van der Waals surface area contributed by atoms with Gasteiger partial charge in [-0.25, -0.2) is 9.79 Å². The highest BCUT2D eigenvalue weighted by Crippen LogP contribution is 2.13. The molecule has 35 heavy (non-hydrogen) atoms. The number of Topliss-reactive ketones (excluding diaryl/α,β-unsaturated/α-hetero) is 1. The summed E-state index contributed by atoms with van der Waals surface area (Å²) in [5, 5.41) is 15.0. The Bertz CT molecular complexity index is 1120. The lowest BCUT2D eigenvalue weighted by molar-refractivity contribution is -0.139. The maximum absolute atomic E-state index is 12.5. The number of nitrogens with one attached hydrogen (secondary N) is 2. The number of nitrogens with zero attached hydrogens (tertiary/aromatic N) is 4. The molecule has 0 aliphatic carbocycles. The van der Waals surface area contributed by atoms with Crippen LogP contribution in [-0.4, -0.2) is 71.0 Å². The molecule has 0 saturated carbocycles. The van der Waals surface area contributed by atoms with Crippen LogP contribution in [0, 0.1) is 0 Å². The predicted octanol–water partition coefficient (Wildman–Crippen LogP) is 0.968. The lowest BCUT2D eigenvalue weighted by atomic mass is 10.0. The molecule has 12 nitrogen and oxygen atoms in total. The van der Waals surface area contributed by atoms with Crippen LogP contribution in [0.4, 0.5) is 5.69 Å². The first-order valence-electron chi connectivity index (χ1n) is 11.2. The van der Waals surface area contributed by atoms with E-state index < -0.39 is 29.9 Å². The first kappa shape index (κ1) is 25.4. The van der Waals surface area contributed by atoms with Gasteiger partial charge >= 0.3 is 5.97 Å². The molecule has 0 aromatic heterocycles. The Kier molecular flexibility index (Phi) is 8.54. The van der Waals surface area contributed by atoms with Gasteiger partial charge < -0.3 is 21.5 Å². The highest BCUT2D eigenvalue weighted by molar-refractivity contribution is 6.38. The number of hydrogen-bond donors (Lipinski definition) is 4. The topological polar surface area (TPSA) is 188 Å². The summed E-state index contributed by atoms with van der Waals surface area (Å²) in [5.41, 5.74) is 6.92. The largest absolute Gasteiger partial charge is 0.480 e. The van der Waals surface area contributed by atoms with Gasteiger partial charge in [0.25, 0.3) is 11.8 Å². The Morgan fingerprint density at radius 2 is 1.89 bits per heavy atom. The Hall–Kier alpha value is -4.22. The van der Waals surface area contributed by atoms with Crippen molar-refractivity contribution in [2.24, 2.45) is 25.7 Å². The quantitative estimate of drug-likeness (QED) is 0.342. The van der Waals surface area contributed by atoms with Gasteiger partial charge in [-0.2, -0.15) is 9.98 Å². The van der Waals surface area contributed by atoms with Crippen LogP contribution in [0.2, 0.25) is 0 Å². The maximum atomic E-state index is 12.5. The number of anilines is 1. The van der Waals surface area contributed by atoms with Crippen LogP contribution in [0.5, 0.6) is 0 Å². The fraction of sp³-hybridized carbons (Fsp3) is 0.391. The lowest BCUT2D eigenvalue weighted by Gasteiger charge is -2.18. The molecule has 1 aromatic carbocycles. The molecule has 0 radical (unpaired) electrons. The maximum Gasteiger partial charge on any atom is 0.326 e. The molecule has 5 N–H and O–H groups in total. The van der Waals surface area contributed by atoms with Gasteiger partial charge in [-0.15, -0.1) is 0 Å². The number of benzene rings is 1. The van der Waals surface area contributed by atoms with Crippen LogP contribution in [0.3, 0.4) is 0 Å². The average Bonchev–Trinajstić information content (AvgIpc) is 2.84. The van der Waals surface area contributed by atoms with E-state index in [9.17, 15) is 24.3 Å². The lowest BCUT2D eigenvalue weighted by Crippen LogP contribution is -2.41. The first-order chi connectivity index (χ1) is 16.8. The highest BCUT2D eigenvalue weighted by atomic mass is 16.4.